The standard InChI is InChI=1S/C24H27NO5/c1-16(24(28)25-20-9-5-6-10-22(20)29-2)30-23(27)14-13-21(26)19-12-11-17-7-3-4-8-18(17)15-19/h5-6,9-12,15-16H,3-4,7-8,13-14H2,1-2H3,(H,25,28)/t16-/m0/s1. The van der Waals surface area contributed by atoms with E-state index in [-0.39, 0.29) is 18.6 Å². The molecule has 3 rings (SSSR count). The summed E-state index contributed by atoms with van der Waals surface area (Å²) in [4.78, 5) is 36.9. The molecule has 1 atom stereocenters. The molecule has 2 aromatic carbocycles. The molecule has 0 aromatic heterocycles. The summed E-state index contributed by atoms with van der Waals surface area (Å²) in [6.07, 6.45) is 3.39. The van der Waals surface area contributed by atoms with Gasteiger partial charge in [0, 0.05) is 12.0 Å². The molecule has 0 saturated heterocycles. The Morgan fingerprint density at radius 2 is 1.73 bits per heavy atom. The van der Waals surface area contributed by atoms with E-state index in [1.807, 2.05) is 18.2 Å². The number of hydrogen-bond donors (Lipinski definition) is 1. The predicted octanol–water partition coefficient (Wildman–Crippen LogP) is 4.11. The van der Waals surface area contributed by atoms with Gasteiger partial charge in [-0.15, -0.1) is 0 Å². The molecule has 0 unspecified atom stereocenters. The van der Waals surface area contributed by atoms with Crippen LogP contribution < -0.4 is 10.1 Å². The van der Waals surface area contributed by atoms with E-state index in [1.54, 1.807) is 24.3 Å². The minimum absolute atomic E-state index is 0.0540. The fraction of sp³-hybridized carbons (Fsp3) is 0.375. The van der Waals surface area contributed by atoms with Crippen LogP contribution in [0.25, 0.3) is 0 Å². The SMILES string of the molecule is COc1ccccc1NC(=O)[C@H](C)OC(=O)CCC(=O)c1ccc2c(c1)CCCC2. The molecule has 2 aromatic rings. The fourth-order valence-corrected chi connectivity index (χ4v) is 3.56. The molecule has 6 heteroatoms. The molecule has 158 valence electrons. The van der Waals surface area contributed by atoms with Gasteiger partial charge in [-0.05, 0) is 61.9 Å². The molecule has 30 heavy (non-hydrogen) atoms. The van der Waals surface area contributed by atoms with Crippen molar-refractivity contribution in [1.82, 2.24) is 0 Å². The third kappa shape index (κ3) is 5.47. The maximum atomic E-state index is 12.5. The molecule has 6 nitrogen and oxygen atoms in total. The van der Waals surface area contributed by atoms with Crippen molar-refractivity contribution < 1.29 is 23.9 Å². The highest BCUT2D eigenvalue weighted by atomic mass is 16.5. The van der Waals surface area contributed by atoms with E-state index in [0.717, 1.165) is 19.3 Å². The smallest absolute Gasteiger partial charge is 0.307 e. The van der Waals surface area contributed by atoms with Gasteiger partial charge < -0.3 is 14.8 Å². The van der Waals surface area contributed by atoms with Crippen molar-refractivity contribution in [3.63, 3.8) is 0 Å². The number of methoxy groups -OCH3 is 1. The number of esters is 1. The predicted molar refractivity (Wildman–Crippen MR) is 114 cm³/mol. The van der Waals surface area contributed by atoms with Gasteiger partial charge in [-0.25, -0.2) is 0 Å². The Bertz CT molecular complexity index is 937. The molecule has 1 amide bonds. The van der Waals surface area contributed by atoms with E-state index in [2.05, 4.69) is 5.32 Å². The Hall–Kier alpha value is -3.15. The van der Waals surface area contributed by atoms with E-state index in [4.69, 9.17) is 9.47 Å². The highest BCUT2D eigenvalue weighted by Gasteiger charge is 2.20. The van der Waals surface area contributed by atoms with Crippen LogP contribution in [0.4, 0.5) is 5.69 Å². The highest BCUT2D eigenvalue weighted by molar-refractivity contribution is 5.98. The van der Waals surface area contributed by atoms with E-state index < -0.39 is 18.0 Å². The summed E-state index contributed by atoms with van der Waals surface area (Å²) >= 11 is 0. The average Bonchev–Trinajstić information content (AvgIpc) is 2.77. The Morgan fingerprint density at radius 1 is 1.00 bits per heavy atom. The van der Waals surface area contributed by atoms with Crippen LogP contribution in [-0.2, 0) is 27.2 Å². The molecule has 0 aliphatic heterocycles. The number of carbonyl (C=O) groups excluding carboxylic acids is 3. The van der Waals surface area contributed by atoms with Gasteiger partial charge in [0.25, 0.3) is 5.91 Å². The number of Topliss-reactive ketones (excluding diaryl/α,β-unsaturated/α-hetero) is 1. The molecule has 1 aliphatic rings. The normalized spacial score (nSPS) is 13.7. The lowest BCUT2D eigenvalue weighted by Gasteiger charge is -2.16. The van der Waals surface area contributed by atoms with Gasteiger partial charge in [-0.3, -0.25) is 14.4 Å². The van der Waals surface area contributed by atoms with Crippen LogP contribution in [0.2, 0.25) is 0 Å². The zero-order valence-electron chi connectivity index (χ0n) is 17.4. The number of aryl methyl sites for hydroxylation is 2. The minimum atomic E-state index is -0.985. The van der Waals surface area contributed by atoms with Crippen LogP contribution in [0.1, 0.15) is 54.1 Å². The number of ether oxygens (including phenoxy) is 2. The van der Waals surface area contributed by atoms with Crippen LogP contribution in [0.5, 0.6) is 5.75 Å². The molecule has 0 spiro atoms. The van der Waals surface area contributed by atoms with Crippen molar-refractivity contribution >= 4 is 23.3 Å². The zero-order chi connectivity index (χ0) is 21.5. The van der Waals surface area contributed by atoms with Gasteiger partial charge in [0.2, 0.25) is 0 Å². The monoisotopic (exact) mass is 409 g/mol. The Morgan fingerprint density at radius 3 is 2.50 bits per heavy atom. The van der Waals surface area contributed by atoms with E-state index in [1.165, 1.54) is 31.6 Å². The van der Waals surface area contributed by atoms with Crippen LogP contribution in [0.3, 0.4) is 0 Å². The summed E-state index contributed by atoms with van der Waals surface area (Å²) in [7, 11) is 1.51. The van der Waals surface area contributed by atoms with Crippen molar-refractivity contribution in [3.05, 3.63) is 59.2 Å². The first-order valence-electron chi connectivity index (χ1n) is 10.3. The van der Waals surface area contributed by atoms with Crippen molar-refractivity contribution in [3.8, 4) is 5.75 Å². The van der Waals surface area contributed by atoms with Gasteiger partial charge in [0.15, 0.2) is 11.9 Å². The molecular weight excluding hydrogens is 382 g/mol. The van der Waals surface area contributed by atoms with Gasteiger partial charge in [0.1, 0.15) is 5.75 Å². The number of rotatable bonds is 8. The summed E-state index contributed by atoms with van der Waals surface area (Å²) < 4.78 is 10.4. The molecule has 0 bridgehead atoms. The number of ketones is 1. The number of para-hydroxylation sites is 2. The third-order valence-electron chi connectivity index (χ3n) is 5.27. The van der Waals surface area contributed by atoms with Crippen LogP contribution in [0, 0.1) is 0 Å². The first-order valence-corrected chi connectivity index (χ1v) is 10.3. The van der Waals surface area contributed by atoms with Crippen molar-refractivity contribution in [2.45, 2.75) is 51.6 Å². The molecule has 1 N–H and O–H groups in total. The molecule has 0 radical (unpaired) electrons. The Balaban J connectivity index is 1.49. The van der Waals surface area contributed by atoms with Crippen LogP contribution in [0.15, 0.2) is 42.5 Å². The second-order valence-electron chi connectivity index (χ2n) is 7.44. The number of benzene rings is 2. The Labute approximate surface area is 176 Å². The van der Waals surface area contributed by atoms with E-state index in [0.29, 0.717) is 17.0 Å². The van der Waals surface area contributed by atoms with Gasteiger partial charge in [-0.2, -0.15) is 0 Å². The zero-order valence-corrected chi connectivity index (χ0v) is 17.4. The number of anilines is 1. The van der Waals surface area contributed by atoms with Gasteiger partial charge >= 0.3 is 5.97 Å². The quantitative estimate of drug-likeness (QED) is 0.524. The summed E-state index contributed by atoms with van der Waals surface area (Å²) in [6, 6.07) is 12.8. The van der Waals surface area contributed by atoms with Crippen molar-refractivity contribution in [1.29, 1.82) is 0 Å². The number of nitrogens with one attached hydrogen (secondary N) is 1. The molecular formula is C24H27NO5. The fourth-order valence-electron chi connectivity index (χ4n) is 3.56. The summed E-state index contributed by atoms with van der Waals surface area (Å²) in [5.41, 5.74) is 3.67. The van der Waals surface area contributed by atoms with Gasteiger partial charge in [-0.1, -0.05) is 24.3 Å². The summed E-state index contributed by atoms with van der Waals surface area (Å²) in [5, 5.41) is 2.68. The summed E-state index contributed by atoms with van der Waals surface area (Å²) in [6.45, 7) is 1.49. The Kier molecular flexibility index (Phi) is 7.22. The van der Waals surface area contributed by atoms with Crippen LogP contribution in [-0.4, -0.2) is 30.9 Å². The van der Waals surface area contributed by atoms with E-state index in [9.17, 15) is 14.4 Å². The lowest BCUT2D eigenvalue weighted by molar-refractivity contribution is -0.153. The highest BCUT2D eigenvalue weighted by Crippen LogP contribution is 2.24. The molecule has 0 fully saturated rings. The maximum absolute atomic E-state index is 12.5. The van der Waals surface area contributed by atoms with E-state index >= 15 is 0 Å². The first-order chi connectivity index (χ1) is 14.5. The minimum Gasteiger partial charge on any atom is -0.495 e. The average molecular weight is 409 g/mol. The lowest BCUT2D eigenvalue weighted by atomic mass is 9.89. The maximum Gasteiger partial charge on any atom is 0.307 e. The first kappa shape index (κ1) is 21.6. The number of amides is 1. The summed E-state index contributed by atoms with van der Waals surface area (Å²) in [5.74, 6) is -0.621. The second kappa shape index (κ2) is 10.1. The molecule has 0 heterocycles. The van der Waals surface area contributed by atoms with Crippen molar-refractivity contribution in [2.75, 3.05) is 12.4 Å². The second-order valence-corrected chi connectivity index (χ2v) is 7.44. The van der Waals surface area contributed by atoms with Gasteiger partial charge in [0.05, 0.1) is 19.2 Å². The molecule has 1 aliphatic carbocycles. The lowest BCUT2D eigenvalue weighted by Crippen LogP contribution is -2.30. The number of carbonyl (C=O) groups is 3. The topological polar surface area (TPSA) is 81.7 Å². The third-order valence-corrected chi connectivity index (χ3v) is 5.27. The van der Waals surface area contributed by atoms with Crippen LogP contribution >= 0.6 is 0 Å². The number of fused-ring (bicyclic) bond motifs is 1. The number of hydrogen-bond acceptors (Lipinski definition) is 5. The largest absolute Gasteiger partial charge is 0.495 e. The van der Waals surface area contributed by atoms with Crippen molar-refractivity contribution in [2.24, 2.45) is 0 Å². The molecule has 0 saturated carbocycles.